The molecular weight excluding hydrogens is 424 g/mol. The third kappa shape index (κ3) is 4.65. The van der Waals surface area contributed by atoms with Crippen LogP contribution in [0.5, 0.6) is 0 Å². The molecule has 0 atom stereocenters. The molecule has 140 valence electrons. The van der Waals surface area contributed by atoms with Crippen LogP contribution in [0.1, 0.15) is 23.4 Å². The molecule has 1 saturated heterocycles. The molecule has 4 rings (SSSR count). The first kappa shape index (κ1) is 18.8. The Morgan fingerprint density at radius 2 is 1.78 bits per heavy atom. The van der Waals surface area contributed by atoms with E-state index in [1.807, 2.05) is 12.1 Å². The number of unbranched alkanes of at least 4 members (excludes halogenated alkanes) is 1. The fraction of sp³-hybridized carbons (Fsp3) is 0.421. The Morgan fingerprint density at radius 1 is 1.04 bits per heavy atom. The van der Waals surface area contributed by atoms with Crippen LogP contribution in [0.25, 0.3) is 10.3 Å². The van der Waals surface area contributed by atoms with Crippen LogP contribution in [0.4, 0.5) is 10.2 Å². The third-order valence-corrected chi connectivity index (χ3v) is 6.14. The molecule has 8 heteroatoms. The Hall–Kier alpha value is -1.56. The van der Waals surface area contributed by atoms with Gasteiger partial charge in [-0.05, 0) is 0 Å². The molecule has 1 fully saturated rings. The molecule has 27 heavy (non-hydrogen) atoms. The number of hydrogen-bond acceptors (Lipinski definition) is 6. The van der Waals surface area contributed by atoms with Gasteiger partial charge in [0.15, 0.2) is 0 Å². The summed E-state index contributed by atoms with van der Waals surface area (Å²) in [7, 11) is 0. The standard InChI is InChI=1S/C19H21AsFN5S/c20-19-24-17(26-11-9-22-10-12-26)16-18(25-19)27-15(23-16)4-2-1-3-13-5-7-14(21)8-6-13/h5-8,22H,1-4,9-12H2. The molecular formula is C19H21AsFN5S. The van der Waals surface area contributed by atoms with Crippen LogP contribution < -0.4 is 14.8 Å². The molecule has 5 nitrogen and oxygen atoms in total. The third-order valence-electron chi connectivity index (χ3n) is 4.71. The number of nitrogens with one attached hydrogen (secondary N) is 1. The van der Waals surface area contributed by atoms with E-state index < -0.39 is 0 Å². The van der Waals surface area contributed by atoms with E-state index in [1.54, 1.807) is 11.3 Å². The number of aromatic nitrogens is 3. The van der Waals surface area contributed by atoms with Crippen molar-refractivity contribution in [2.24, 2.45) is 0 Å². The van der Waals surface area contributed by atoms with Crippen molar-refractivity contribution in [1.29, 1.82) is 0 Å². The van der Waals surface area contributed by atoms with E-state index in [0.29, 0.717) is 0 Å². The van der Waals surface area contributed by atoms with Gasteiger partial charge in [0.05, 0.1) is 0 Å². The number of fused-ring (bicyclic) bond motifs is 1. The van der Waals surface area contributed by atoms with Gasteiger partial charge >= 0.3 is 161 Å². The van der Waals surface area contributed by atoms with Crippen molar-refractivity contribution in [3.8, 4) is 0 Å². The van der Waals surface area contributed by atoms with E-state index in [2.05, 4.69) is 37.0 Å². The zero-order chi connectivity index (χ0) is 18.6. The summed E-state index contributed by atoms with van der Waals surface area (Å²) in [5.41, 5.74) is 2.12. The Balaban J connectivity index is 1.42. The van der Waals surface area contributed by atoms with Gasteiger partial charge in [0.1, 0.15) is 5.82 Å². The molecule has 2 aromatic heterocycles. The van der Waals surface area contributed by atoms with Crippen molar-refractivity contribution in [1.82, 2.24) is 20.3 Å². The SMILES string of the molecule is Fc1ccc(CCCCc2nc3c(N4CCNCC4)nc([As])nc3s2)cc1. The second-order valence-electron chi connectivity index (χ2n) is 6.68. The monoisotopic (exact) mass is 445 g/mol. The molecule has 0 bridgehead atoms. The van der Waals surface area contributed by atoms with Crippen molar-refractivity contribution in [2.75, 3.05) is 31.1 Å². The van der Waals surface area contributed by atoms with Crippen LogP contribution in [0.2, 0.25) is 0 Å². The molecule has 0 spiro atoms. The van der Waals surface area contributed by atoms with E-state index in [9.17, 15) is 4.39 Å². The van der Waals surface area contributed by atoms with Crippen LogP contribution >= 0.6 is 11.3 Å². The quantitative estimate of drug-likeness (QED) is 0.465. The number of benzene rings is 1. The number of rotatable bonds is 6. The number of aryl methyl sites for hydroxylation is 2. The minimum absolute atomic E-state index is 0.177. The Morgan fingerprint density at radius 3 is 2.56 bits per heavy atom. The van der Waals surface area contributed by atoms with Gasteiger partial charge in [-0.15, -0.1) is 0 Å². The number of piperazine rings is 1. The van der Waals surface area contributed by atoms with E-state index in [1.165, 1.54) is 17.7 Å². The summed E-state index contributed by atoms with van der Waals surface area (Å²) < 4.78 is 13.7. The summed E-state index contributed by atoms with van der Waals surface area (Å²) in [6.45, 7) is 3.84. The molecule has 0 unspecified atom stereocenters. The maximum atomic E-state index is 13.0. The molecule has 0 saturated carbocycles. The molecule has 1 aliphatic rings. The van der Waals surface area contributed by atoms with E-state index in [-0.39, 0.29) is 5.82 Å². The normalized spacial score (nSPS) is 14.8. The molecule has 3 aromatic rings. The van der Waals surface area contributed by atoms with Gasteiger partial charge in [-0.1, -0.05) is 0 Å². The van der Waals surface area contributed by atoms with Crippen LogP contribution in [-0.2, 0) is 12.8 Å². The predicted octanol–water partition coefficient (Wildman–Crippen LogP) is 1.99. The Labute approximate surface area is 170 Å². The Kier molecular flexibility index (Phi) is 6.01. The number of thiazole rings is 1. The zero-order valence-electron chi connectivity index (χ0n) is 15.0. The van der Waals surface area contributed by atoms with Crippen LogP contribution in [0, 0.1) is 5.82 Å². The van der Waals surface area contributed by atoms with Crippen molar-refractivity contribution >= 4 is 49.0 Å². The summed E-state index contributed by atoms with van der Waals surface area (Å²) in [6.07, 6.45) is 4.03. The second-order valence-corrected chi connectivity index (χ2v) is 8.58. The van der Waals surface area contributed by atoms with E-state index in [4.69, 9.17) is 4.98 Å². The fourth-order valence-corrected chi connectivity index (χ4v) is 4.83. The summed E-state index contributed by atoms with van der Waals surface area (Å²) in [6, 6.07) is 6.78. The first-order chi connectivity index (χ1) is 13.2. The molecule has 3 heterocycles. The number of hydrogen-bond donors (Lipinski definition) is 1. The maximum absolute atomic E-state index is 13.0. The van der Waals surface area contributed by atoms with Crippen LogP contribution in [0.15, 0.2) is 24.3 Å². The summed E-state index contributed by atoms with van der Waals surface area (Å²) >= 11 is 4.12. The number of nitrogens with zero attached hydrogens (tertiary/aromatic N) is 4. The van der Waals surface area contributed by atoms with Gasteiger partial charge in [0.2, 0.25) is 0 Å². The summed E-state index contributed by atoms with van der Waals surface area (Å²) in [5, 5.41) is 4.49. The fourth-order valence-electron chi connectivity index (χ4n) is 3.30. The van der Waals surface area contributed by atoms with Gasteiger partial charge in [-0.2, -0.15) is 0 Å². The van der Waals surface area contributed by atoms with Crippen molar-refractivity contribution in [3.05, 3.63) is 40.7 Å². The average molecular weight is 445 g/mol. The van der Waals surface area contributed by atoms with Crippen molar-refractivity contribution in [3.63, 3.8) is 0 Å². The predicted molar refractivity (Wildman–Crippen MR) is 109 cm³/mol. The second kappa shape index (κ2) is 8.63. The van der Waals surface area contributed by atoms with Gasteiger partial charge < -0.3 is 0 Å². The zero-order valence-corrected chi connectivity index (χ0v) is 17.7. The molecule has 1 aliphatic heterocycles. The van der Waals surface area contributed by atoms with Crippen LogP contribution in [-0.4, -0.2) is 58.0 Å². The number of halogens is 1. The molecule has 1 aromatic carbocycles. The van der Waals surface area contributed by atoms with Crippen molar-refractivity contribution in [2.45, 2.75) is 25.7 Å². The summed E-state index contributed by atoms with van der Waals surface area (Å²) in [5.74, 6) is 0.787. The Bertz CT molecular complexity index is 908. The number of anilines is 1. The van der Waals surface area contributed by atoms with Crippen LogP contribution in [0.3, 0.4) is 0 Å². The van der Waals surface area contributed by atoms with Gasteiger partial charge in [-0.25, -0.2) is 4.39 Å². The molecule has 2 radical (unpaired) electrons. The first-order valence-electron chi connectivity index (χ1n) is 9.25. The average Bonchev–Trinajstić information content (AvgIpc) is 3.09. The minimum atomic E-state index is -0.177. The van der Waals surface area contributed by atoms with Gasteiger partial charge in [-0.3, -0.25) is 0 Å². The molecule has 1 N–H and O–H groups in total. The van der Waals surface area contributed by atoms with Gasteiger partial charge in [0, 0.05) is 0 Å². The topological polar surface area (TPSA) is 53.9 Å². The summed E-state index contributed by atoms with van der Waals surface area (Å²) in [4.78, 5) is 17.4. The first-order valence-corrected chi connectivity index (χ1v) is 11.0. The van der Waals surface area contributed by atoms with Gasteiger partial charge in [0.25, 0.3) is 0 Å². The molecule has 0 amide bonds. The van der Waals surface area contributed by atoms with E-state index >= 15 is 0 Å². The van der Waals surface area contributed by atoms with E-state index in [0.717, 1.165) is 77.6 Å². The molecule has 0 aliphatic carbocycles. The van der Waals surface area contributed by atoms with Crippen molar-refractivity contribution < 1.29 is 4.39 Å².